The van der Waals surface area contributed by atoms with Crippen molar-refractivity contribution in [2.24, 2.45) is 0 Å². The Morgan fingerprint density at radius 3 is 1.60 bits per heavy atom. The lowest BCUT2D eigenvalue weighted by atomic mass is 9.90. The van der Waals surface area contributed by atoms with E-state index >= 15 is 0 Å². The van der Waals surface area contributed by atoms with Crippen molar-refractivity contribution in [1.82, 2.24) is 14.5 Å². The van der Waals surface area contributed by atoms with Crippen LogP contribution in [-0.4, -0.2) is 14.5 Å². The average Bonchev–Trinajstić information content (AvgIpc) is 3.57. The number of pyridine rings is 2. The summed E-state index contributed by atoms with van der Waals surface area (Å²) >= 11 is 0. The zero-order chi connectivity index (χ0) is 34.9. The van der Waals surface area contributed by atoms with Gasteiger partial charge in [-0.2, -0.15) is 0 Å². The molecule has 0 fully saturated rings. The van der Waals surface area contributed by atoms with Crippen LogP contribution in [0.1, 0.15) is 0 Å². The van der Waals surface area contributed by atoms with Crippen molar-refractivity contribution in [2.45, 2.75) is 0 Å². The van der Waals surface area contributed by atoms with Gasteiger partial charge >= 0.3 is 0 Å². The van der Waals surface area contributed by atoms with Gasteiger partial charge in [-0.15, -0.1) is 0 Å². The number of para-hydroxylation sites is 3. The Balaban J connectivity index is 1.02. The molecule has 0 aliphatic rings. The third-order valence-electron chi connectivity index (χ3n) is 10.8. The Kier molecular flexibility index (Phi) is 6.55. The largest absolute Gasteiger partial charge is 0.309 e. The van der Waals surface area contributed by atoms with Crippen LogP contribution in [0.2, 0.25) is 0 Å². The molecule has 0 amide bonds. The Morgan fingerprint density at radius 2 is 0.868 bits per heavy atom. The first-order valence-corrected chi connectivity index (χ1v) is 18.1. The van der Waals surface area contributed by atoms with Gasteiger partial charge in [0.05, 0.1) is 22.2 Å². The van der Waals surface area contributed by atoms with Crippen molar-refractivity contribution < 1.29 is 0 Å². The van der Waals surface area contributed by atoms with Crippen LogP contribution >= 0.6 is 0 Å². The molecular weight excluding hydrogens is 643 g/mol. The van der Waals surface area contributed by atoms with Crippen molar-refractivity contribution >= 4 is 65.0 Å². The SMILES string of the molecule is c1ccc(-n2c3ccccc3c3cc(-c4ccc5c6ccc(-c7ccc(-c8cnc9ccccc9c8)nc7)cc6c6ccccc6c5c4)ccc32)cc1. The third kappa shape index (κ3) is 4.75. The highest BCUT2D eigenvalue weighted by atomic mass is 15.0. The zero-order valence-electron chi connectivity index (χ0n) is 28.7. The zero-order valence-corrected chi connectivity index (χ0v) is 28.7. The van der Waals surface area contributed by atoms with Crippen LogP contribution in [0.4, 0.5) is 0 Å². The molecule has 3 aromatic heterocycles. The van der Waals surface area contributed by atoms with E-state index in [0.29, 0.717) is 0 Å². The maximum absolute atomic E-state index is 4.87. The van der Waals surface area contributed by atoms with Crippen LogP contribution in [0, 0.1) is 0 Å². The van der Waals surface area contributed by atoms with Gasteiger partial charge < -0.3 is 4.57 Å². The molecule has 3 heterocycles. The van der Waals surface area contributed by atoms with E-state index in [9.17, 15) is 0 Å². The van der Waals surface area contributed by atoms with Gasteiger partial charge in [0.15, 0.2) is 0 Å². The summed E-state index contributed by atoms with van der Waals surface area (Å²) in [5, 5.41) is 11.2. The molecule has 0 saturated heterocycles. The molecule has 246 valence electrons. The van der Waals surface area contributed by atoms with E-state index in [1.165, 1.54) is 70.9 Å². The van der Waals surface area contributed by atoms with Crippen molar-refractivity contribution in [3.63, 3.8) is 0 Å². The van der Waals surface area contributed by atoms with Crippen molar-refractivity contribution in [1.29, 1.82) is 0 Å². The maximum atomic E-state index is 4.87. The van der Waals surface area contributed by atoms with E-state index in [1.807, 2.05) is 30.6 Å². The normalized spacial score (nSPS) is 11.8. The fourth-order valence-electron chi connectivity index (χ4n) is 8.27. The van der Waals surface area contributed by atoms with E-state index in [1.54, 1.807) is 0 Å². The summed E-state index contributed by atoms with van der Waals surface area (Å²) in [6.07, 6.45) is 3.89. The summed E-state index contributed by atoms with van der Waals surface area (Å²) in [6, 6.07) is 63.5. The fraction of sp³-hybridized carbons (Fsp3) is 0. The fourth-order valence-corrected chi connectivity index (χ4v) is 8.27. The van der Waals surface area contributed by atoms with Gasteiger partial charge in [-0.3, -0.25) is 9.97 Å². The highest BCUT2D eigenvalue weighted by molar-refractivity contribution is 6.26. The Labute approximate surface area is 306 Å². The summed E-state index contributed by atoms with van der Waals surface area (Å²) < 4.78 is 2.37. The van der Waals surface area contributed by atoms with E-state index in [0.717, 1.165) is 33.3 Å². The van der Waals surface area contributed by atoms with Gasteiger partial charge in [-0.1, -0.05) is 115 Å². The molecule has 0 spiro atoms. The van der Waals surface area contributed by atoms with E-state index in [2.05, 4.69) is 167 Å². The number of benzene rings is 8. The second-order valence-corrected chi connectivity index (χ2v) is 13.8. The summed E-state index contributed by atoms with van der Waals surface area (Å²) in [5.41, 5.74) is 11.2. The molecule has 0 aliphatic heterocycles. The first kappa shape index (κ1) is 29.6. The molecule has 0 bridgehead atoms. The summed E-state index contributed by atoms with van der Waals surface area (Å²) in [6.45, 7) is 0. The minimum atomic E-state index is 0.918. The molecule has 0 atom stereocenters. The van der Waals surface area contributed by atoms with Crippen LogP contribution in [0.15, 0.2) is 188 Å². The standard InChI is InChI=1S/C50H31N3/c1-2-11-38(12-3-1)53-49-17-9-7-15-43(49)46-29-33(21-25-50(46)53)32-18-22-41-42-23-19-34(28-45(42)40-14-6-5-13-39(40)44(41)27-32)36-20-24-48(51-30-36)37-26-35-10-4-8-16-47(35)52-31-37/h1-31H. The van der Waals surface area contributed by atoms with Crippen molar-refractivity contribution in [3.8, 4) is 39.2 Å². The summed E-state index contributed by atoms with van der Waals surface area (Å²) in [7, 11) is 0. The van der Waals surface area contributed by atoms with Crippen LogP contribution in [0.25, 0.3) is 104 Å². The Hall–Kier alpha value is -7.10. The number of hydrogen-bond acceptors (Lipinski definition) is 2. The predicted molar refractivity (Wildman–Crippen MR) is 223 cm³/mol. The van der Waals surface area contributed by atoms with Crippen molar-refractivity contribution in [3.05, 3.63) is 188 Å². The van der Waals surface area contributed by atoms with Gasteiger partial charge in [0.1, 0.15) is 0 Å². The molecule has 3 heteroatoms. The highest BCUT2D eigenvalue weighted by Crippen LogP contribution is 2.40. The molecular formula is C50H31N3. The summed E-state index contributed by atoms with van der Waals surface area (Å²) in [5.74, 6) is 0. The van der Waals surface area contributed by atoms with Crippen LogP contribution in [0.5, 0.6) is 0 Å². The van der Waals surface area contributed by atoms with Gasteiger partial charge in [0, 0.05) is 45.4 Å². The van der Waals surface area contributed by atoms with Gasteiger partial charge in [0.2, 0.25) is 0 Å². The molecule has 8 aromatic carbocycles. The highest BCUT2D eigenvalue weighted by Gasteiger charge is 2.15. The van der Waals surface area contributed by atoms with Crippen LogP contribution < -0.4 is 0 Å². The number of aromatic nitrogens is 3. The van der Waals surface area contributed by atoms with E-state index in [4.69, 9.17) is 4.98 Å². The number of fused-ring (bicyclic) bond motifs is 10. The minimum absolute atomic E-state index is 0.918. The number of rotatable bonds is 4. The first-order chi connectivity index (χ1) is 26.3. The Morgan fingerprint density at radius 1 is 0.321 bits per heavy atom. The van der Waals surface area contributed by atoms with Crippen LogP contribution in [0.3, 0.4) is 0 Å². The topological polar surface area (TPSA) is 30.7 Å². The van der Waals surface area contributed by atoms with E-state index in [-0.39, 0.29) is 0 Å². The van der Waals surface area contributed by atoms with Crippen LogP contribution in [-0.2, 0) is 0 Å². The first-order valence-electron chi connectivity index (χ1n) is 18.1. The lowest BCUT2D eigenvalue weighted by molar-refractivity contribution is 1.18. The second-order valence-electron chi connectivity index (χ2n) is 13.8. The quantitative estimate of drug-likeness (QED) is 0.174. The van der Waals surface area contributed by atoms with Gasteiger partial charge in [0.25, 0.3) is 0 Å². The monoisotopic (exact) mass is 673 g/mol. The second kappa shape index (κ2) is 11.7. The summed E-state index contributed by atoms with van der Waals surface area (Å²) in [4.78, 5) is 9.52. The molecule has 0 saturated carbocycles. The molecule has 3 nitrogen and oxygen atoms in total. The smallest absolute Gasteiger partial charge is 0.0718 e. The molecule has 53 heavy (non-hydrogen) atoms. The number of nitrogens with zero attached hydrogens (tertiary/aromatic N) is 3. The molecule has 0 N–H and O–H groups in total. The third-order valence-corrected chi connectivity index (χ3v) is 10.8. The van der Waals surface area contributed by atoms with E-state index < -0.39 is 0 Å². The minimum Gasteiger partial charge on any atom is -0.309 e. The number of hydrogen-bond donors (Lipinski definition) is 0. The average molecular weight is 674 g/mol. The Bertz CT molecular complexity index is 3190. The lowest BCUT2D eigenvalue weighted by Gasteiger charge is -2.14. The lowest BCUT2D eigenvalue weighted by Crippen LogP contribution is -1.92. The molecule has 0 radical (unpaired) electrons. The van der Waals surface area contributed by atoms with Gasteiger partial charge in [-0.25, -0.2) is 0 Å². The van der Waals surface area contributed by atoms with Gasteiger partial charge in [-0.05, 0) is 110 Å². The molecule has 11 rings (SSSR count). The molecule has 0 aliphatic carbocycles. The predicted octanol–water partition coefficient (Wildman–Crippen LogP) is 13.2. The maximum Gasteiger partial charge on any atom is 0.0718 e. The molecule has 11 aromatic rings. The molecule has 0 unspecified atom stereocenters. The van der Waals surface area contributed by atoms with Crippen molar-refractivity contribution in [2.75, 3.05) is 0 Å².